The molecule has 0 unspecified atom stereocenters. The van der Waals surface area contributed by atoms with Crippen molar-refractivity contribution in [3.63, 3.8) is 0 Å². The average molecular weight is 774 g/mol. The summed E-state index contributed by atoms with van der Waals surface area (Å²) in [4.78, 5) is 0. The maximum atomic E-state index is 14.0. The molecule has 0 saturated carbocycles. The van der Waals surface area contributed by atoms with Crippen LogP contribution in [0.15, 0.2) is 182 Å². The summed E-state index contributed by atoms with van der Waals surface area (Å²) >= 11 is 0. The van der Waals surface area contributed by atoms with Crippen molar-refractivity contribution in [2.24, 2.45) is 0 Å². The molecule has 280 valence electrons. The van der Waals surface area contributed by atoms with Crippen LogP contribution in [0.3, 0.4) is 0 Å². The monoisotopic (exact) mass is 773 g/mol. The maximum absolute atomic E-state index is 14.0. The van der Waals surface area contributed by atoms with Gasteiger partial charge in [-0.15, -0.1) is 0 Å². The van der Waals surface area contributed by atoms with Gasteiger partial charge in [0.05, 0.1) is 17.2 Å². The first kappa shape index (κ1) is 34.3. The Labute approximate surface area is 342 Å². The van der Waals surface area contributed by atoms with Gasteiger partial charge in [0.2, 0.25) is 0 Å². The van der Waals surface area contributed by atoms with Gasteiger partial charge in [0.25, 0.3) is 0 Å². The van der Waals surface area contributed by atoms with Gasteiger partial charge in [-0.25, -0.2) is 0 Å². The third-order valence-electron chi connectivity index (χ3n) is 12.6. The van der Waals surface area contributed by atoms with Crippen LogP contribution in [0.25, 0.3) is 120 Å². The lowest BCUT2D eigenvalue weighted by atomic mass is 9.84. The number of hydrogen-bond donors (Lipinski definition) is 0. The van der Waals surface area contributed by atoms with Crippen molar-refractivity contribution >= 4 is 75.4 Å². The maximum Gasteiger partial charge on any atom is 0.417 e. The number of fused-ring (bicyclic) bond motifs is 8. The average Bonchev–Trinajstić information content (AvgIpc) is 3.80. The van der Waals surface area contributed by atoms with Crippen LogP contribution in [0.4, 0.5) is 13.2 Å². The molecule has 60 heavy (non-hydrogen) atoms. The van der Waals surface area contributed by atoms with E-state index in [0.717, 1.165) is 49.9 Å². The summed E-state index contributed by atoms with van der Waals surface area (Å²) in [7, 11) is 0. The fraction of sp³-hybridized carbons (Fsp3) is 0.0179. The van der Waals surface area contributed by atoms with E-state index in [2.05, 4.69) is 140 Å². The molecule has 0 heterocycles. The van der Waals surface area contributed by atoms with E-state index in [0.29, 0.717) is 11.1 Å². The standard InChI is InChI=1S/C56H30F3N/c57-56(58,59)48-29-35(24-25-37(48)31-60)34-16-9-17-36(28-34)38-26-27-45-51-41(38)20-10-23-44(51)54-49(32-12-3-1-4-13-32)47-30-46-40-19-8-7-18-39(40)42-21-11-22-43(52(42)46)53(47)50(55(45)54)33-14-5-2-6-15-33/h1-30H. The molecule has 1 nitrogen and oxygen atoms in total. The first-order valence-corrected chi connectivity index (χ1v) is 20.0. The van der Waals surface area contributed by atoms with Crippen LogP contribution in [0.5, 0.6) is 0 Å². The van der Waals surface area contributed by atoms with E-state index in [-0.39, 0.29) is 0 Å². The lowest BCUT2D eigenvalue weighted by Crippen LogP contribution is -2.07. The molecule has 0 aliphatic rings. The van der Waals surface area contributed by atoms with Gasteiger partial charge in [0.1, 0.15) is 0 Å². The zero-order valence-electron chi connectivity index (χ0n) is 31.9. The van der Waals surface area contributed by atoms with Crippen LogP contribution in [-0.4, -0.2) is 0 Å². The molecule has 0 fully saturated rings. The van der Waals surface area contributed by atoms with E-state index in [1.165, 1.54) is 71.1 Å². The third kappa shape index (κ3) is 4.81. The molecule has 0 saturated heterocycles. The molecular weight excluding hydrogens is 744 g/mol. The summed E-state index contributed by atoms with van der Waals surface area (Å²) in [5.74, 6) is 0. The minimum Gasteiger partial charge on any atom is -0.192 e. The fourth-order valence-electron chi connectivity index (χ4n) is 10.2. The quantitative estimate of drug-likeness (QED) is 0.163. The van der Waals surface area contributed by atoms with E-state index in [9.17, 15) is 18.4 Å². The number of benzene rings is 10. The van der Waals surface area contributed by atoms with E-state index in [1.54, 1.807) is 12.1 Å². The van der Waals surface area contributed by atoms with Crippen molar-refractivity contribution in [2.45, 2.75) is 6.18 Å². The Morgan fingerprint density at radius 2 is 0.850 bits per heavy atom. The number of halogens is 3. The largest absolute Gasteiger partial charge is 0.417 e. The Morgan fingerprint density at radius 1 is 0.333 bits per heavy atom. The zero-order valence-corrected chi connectivity index (χ0v) is 31.9. The highest BCUT2D eigenvalue weighted by Gasteiger charge is 2.34. The number of nitrogens with zero attached hydrogens (tertiary/aromatic N) is 1. The van der Waals surface area contributed by atoms with E-state index >= 15 is 0 Å². The van der Waals surface area contributed by atoms with Crippen LogP contribution in [0.2, 0.25) is 0 Å². The number of alkyl halides is 3. The lowest BCUT2D eigenvalue weighted by molar-refractivity contribution is -0.137. The van der Waals surface area contributed by atoms with Gasteiger partial charge in [0, 0.05) is 0 Å². The molecule has 0 amide bonds. The molecule has 0 radical (unpaired) electrons. The SMILES string of the molecule is N#Cc1ccc(-c2cccc(-c3ccc4c5c(-c6ccccc6)c6c(cc7c8ccccc8c8cccc6c87)c(-c6ccccc6)c5c5cccc3c54)c2)cc1C(F)(F)F. The summed E-state index contributed by atoms with van der Waals surface area (Å²) in [5, 5.41) is 26.3. The normalized spacial score (nSPS) is 12.2. The van der Waals surface area contributed by atoms with E-state index in [4.69, 9.17) is 0 Å². The summed E-state index contributed by atoms with van der Waals surface area (Å²) in [6.07, 6.45) is -4.65. The van der Waals surface area contributed by atoms with Gasteiger partial charge in [-0.2, -0.15) is 18.4 Å². The van der Waals surface area contributed by atoms with Crippen molar-refractivity contribution in [1.82, 2.24) is 0 Å². The highest BCUT2D eigenvalue weighted by Crippen LogP contribution is 2.55. The van der Waals surface area contributed by atoms with Crippen LogP contribution in [-0.2, 0) is 6.18 Å². The fourth-order valence-corrected chi connectivity index (χ4v) is 10.2. The topological polar surface area (TPSA) is 23.8 Å². The van der Waals surface area contributed by atoms with E-state index in [1.807, 2.05) is 24.3 Å². The molecule has 12 aromatic rings. The molecule has 0 aliphatic heterocycles. The highest BCUT2D eigenvalue weighted by molar-refractivity contribution is 6.45. The van der Waals surface area contributed by atoms with Crippen molar-refractivity contribution in [1.29, 1.82) is 5.26 Å². The van der Waals surface area contributed by atoms with Crippen molar-refractivity contribution in [3.8, 4) is 50.6 Å². The zero-order chi connectivity index (χ0) is 40.3. The van der Waals surface area contributed by atoms with Crippen LogP contribution >= 0.6 is 0 Å². The second-order valence-corrected chi connectivity index (χ2v) is 15.7. The highest BCUT2D eigenvalue weighted by atomic mass is 19.4. The molecule has 0 bridgehead atoms. The van der Waals surface area contributed by atoms with Crippen LogP contribution in [0, 0.1) is 11.3 Å². The molecule has 0 aromatic heterocycles. The Bertz CT molecular complexity index is 3750. The molecular formula is C56H30F3N. The van der Waals surface area contributed by atoms with E-state index < -0.39 is 17.3 Å². The van der Waals surface area contributed by atoms with Gasteiger partial charge >= 0.3 is 6.18 Å². The van der Waals surface area contributed by atoms with Crippen molar-refractivity contribution in [2.75, 3.05) is 0 Å². The molecule has 0 atom stereocenters. The van der Waals surface area contributed by atoms with Crippen LogP contribution < -0.4 is 0 Å². The van der Waals surface area contributed by atoms with Gasteiger partial charge in [-0.05, 0) is 144 Å². The Morgan fingerprint density at radius 3 is 1.57 bits per heavy atom. The second kappa shape index (κ2) is 12.6. The predicted octanol–water partition coefficient (Wildman–Crippen LogP) is 16.2. The Balaban J connectivity index is 1.23. The van der Waals surface area contributed by atoms with Crippen LogP contribution in [0.1, 0.15) is 11.1 Å². The third-order valence-corrected chi connectivity index (χ3v) is 12.6. The first-order valence-electron chi connectivity index (χ1n) is 20.0. The van der Waals surface area contributed by atoms with Gasteiger partial charge in [0.15, 0.2) is 0 Å². The first-order chi connectivity index (χ1) is 29.4. The lowest BCUT2D eigenvalue weighted by Gasteiger charge is -2.19. The van der Waals surface area contributed by atoms with Gasteiger partial charge in [-0.1, -0.05) is 158 Å². The number of hydrogen-bond acceptors (Lipinski definition) is 1. The number of nitriles is 1. The number of rotatable bonds is 4. The molecule has 0 aliphatic carbocycles. The summed E-state index contributed by atoms with van der Waals surface area (Å²) in [6, 6.07) is 63.7. The van der Waals surface area contributed by atoms with Gasteiger partial charge in [-0.3, -0.25) is 0 Å². The minimum absolute atomic E-state index is 0.390. The molecule has 4 heteroatoms. The summed E-state index contributed by atoms with van der Waals surface area (Å²) in [6.45, 7) is 0. The summed E-state index contributed by atoms with van der Waals surface area (Å²) < 4.78 is 42.1. The minimum atomic E-state index is -4.65. The molecule has 12 rings (SSSR count). The molecule has 12 aromatic carbocycles. The Hall–Kier alpha value is -7.74. The Kier molecular flexibility index (Phi) is 7.22. The summed E-state index contributed by atoms with van der Waals surface area (Å²) in [5.41, 5.74) is 6.29. The smallest absolute Gasteiger partial charge is 0.192 e. The van der Waals surface area contributed by atoms with Crippen molar-refractivity contribution < 1.29 is 13.2 Å². The molecule has 0 spiro atoms. The second-order valence-electron chi connectivity index (χ2n) is 15.7. The van der Waals surface area contributed by atoms with Crippen molar-refractivity contribution in [3.05, 3.63) is 193 Å². The molecule has 0 N–H and O–H groups in total. The predicted molar refractivity (Wildman–Crippen MR) is 243 cm³/mol. The van der Waals surface area contributed by atoms with Gasteiger partial charge < -0.3 is 0 Å².